The molecular formula is C14H20N2O. The van der Waals surface area contributed by atoms with Crippen molar-refractivity contribution in [3.8, 4) is 0 Å². The van der Waals surface area contributed by atoms with E-state index in [1.54, 1.807) is 0 Å². The number of carbonyl (C=O) groups excluding carboxylic acids is 1. The molecule has 1 aliphatic rings. The predicted octanol–water partition coefficient (Wildman–Crippen LogP) is 1.74. The van der Waals surface area contributed by atoms with Crippen LogP contribution in [0.25, 0.3) is 0 Å². The molecule has 0 radical (unpaired) electrons. The summed E-state index contributed by atoms with van der Waals surface area (Å²) in [7, 11) is 0. The summed E-state index contributed by atoms with van der Waals surface area (Å²) < 4.78 is 0. The minimum absolute atomic E-state index is 0.0143. The van der Waals surface area contributed by atoms with Crippen LogP contribution in [0.3, 0.4) is 0 Å². The number of hydrogen-bond acceptors (Lipinski definition) is 2. The van der Waals surface area contributed by atoms with Crippen LogP contribution in [0.2, 0.25) is 0 Å². The molecule has 0 bridgehead atoms. The standard InChI is InChI=1S/C14H20N2O/c1-10-5-7-11(8-6-10)9-16-14(17)12-3-2-4-13(12)15/h5-8,12-13H,2-4,9,15H2,1H3,(H,16,17). The van der Waals surface area contributed by atoms with Crippen molar-refractivity contribution < 1.29 is 4.79 Å². The Kier molecular flexibility index (Phi) is 3.79. The van der Waals surface area contributed by atoms with Crippen LogP contribution in [-0.2, 0) is 11.3 Å². The van der Waals surface area contributed by atoms with Crippen LogP contribution in [-0.4, -0.2) is 11.9 Å². The number of carbonyl (C=O) groups is 1. The van der Waals surface area contributed by atoms with E-state index in [-0.39, 0.29) is 17.9 Å². The second kappa shape index (κ2) is 5.32. The van der Waals surface area contributed by atoms with Gasteiger partial charge in [-0.3, -0.25) is 4.79 Å². The van der Waals surface area contributed by atoms with Crippen molar-refractivity contribution in [1.82, 2.24) is 5.32 Å². The molecule has 0 aromatic heterocycles. The highest BCUT2D eigenvalue weighted by molar-refractivity contribution is 5.79. The molecule has 3 nitrogen and oxygen atoms in total. The SMILES string of the molecule is Cc1ccc(CNC(=O)C2CCCC2N)cc1. The van der Waals surface area contributed by atoms with Crippen molar-refractivity contribution in [2.24, 2.45) is 11.7 Å². The maximum atomic E-state index is 11.9. The zero-order valence-corrected chi connectivity index (χ0v) is 10.3. The smallest absolute Gasteiger partial charge is 0.224 e. The quantitative estimate of drug-likeness (QED) is 0.834. The van der Waals surface area contributed by atoms with Crippen molar-refractivity contribution in [1.29, 1.82) is 0 Å². The zero-order valence-electron chi connectivity index (χ0n) is 10.3. The topological polar surface area (TPSA) is 55.1 Å². The number of aryl methyl sites for hydroxylation is 1. The summed E-state index contributed by atoms with van der Waals surface area (Å²) in [6.07, 6.45) is 2.98. The Labute approximate surface area is 102 Å². The van der Waals surface area contributed by atoms with E-state index in [9.17, 15) is 4.79 Å². The van der Waals surface area contributed by atoms with E-state index in [4.69, 9.17) is 5.73 Å². The molecule has 1 aromatic carbocycles. The lowest BCUT2D eigenvalue weighted by molar-refractivity contribution is -0.125. The number of amides is 1. The summed E-state index contributed by atoms with van der Waals surface area (Å²) in [5, 5.41) is 2.97. The Hall–Kier alpha value is -1.35. The van der Waals surface area contributed by atoms with Gasteiger partial charge >= 0.3 is 0 Å². The molecule has 2 rings (SSSR count). The number of nitrogens with two attached hydrogens (primary N) is 1. The maximum absolute atomic E-state index is 11.9. The minimum atomic E-state index is 0.0143. The molecule has 2 atom stereocenters. The van der Waals surface area contributed by atoms with Gasteiger partial charge in [-0.1, -0.05) is 36.2 Å². The molecule has 1 amide bonds. The maximum Gasteiger partial charge on any atom is 0.224 e. The third-order valence-corrected chi connectivity index (χ3v) is 3.49. The fourth-order valence-corrected chi connectivity index (χ4v) is 2.34. The molecule has 2 unspecified atom stereocenters. The van der Waals surface area contributed by atoms with E-state index in [1.165, 1.54) is 5.56 Å². The molecule has 17 heavy (non-hydrogen) atoms. The second-order valence-electron chi connectivity index (χ2n) is 4.90. The molecule has 1 aliphatic carbocycles. The normalized spacial score (nSPS) is 23.6. The lowest BCUT2D eigenvalue weighted by Crippen LogP contribution is -2.38. The van der Waals surface area contributed by atoms with Crippen LogP contribution < -0.4 is 11.1 Å². The van der Waals surface area contributed by atoms with Crippen molar-refractivity contribution in [2.45, 2.75) is 38.8 Å². The first-order valence-corrected chi connectivity index (χ1v) is 6.25. The van der Waals surface area contributed by atoms with E-state index in [2.05, 4.69) is 24.4 Å². The lowest BCUT2D eigenvalue weighted by Gasteiger charge is -2.15. The van der Waals surface area contributed by atoms with Gasteiger partial charge in [-0.05, 0) is 25.3 Å². The van der Waals surface area contributed by atoms with Gasteiger partial charge in [0.2, 0.25) is 5.91 Å². The van der Waals surface area contributed by atoms with Crippen LogP contribution in [0.4, 0.5) is 0 Å². The van der Waals surface area contributed by atoms with Gasteiger partial charge < -0.3 is 11.1 Å². The molecular weight excluding hydrogens is 212 g/mol. The van der Waals surface area contributed by atoms with Crippen molar-refractivity contribution in [2.75, 3.05) is 0 Å². The predicted molar refractivity (Wildman–Crippen MR) is 68.3 cm³/mol. The van der Waals surface area contributed by atoms with Gasteiger partial charge in [-0.15, -0.1) is 0 Å². The van der Waals surface area contributed by atoms with E-state index < -0.39 is 0 Å². The number of benzene rings is 1. The Morgan fingerprint density at radius 2 is 2.06 bits per heavy atom. The Bertz CT molecular complexity index is 386. The molecule has 3 N–H and O–H groups in total. The largest absolute Gasteiger partial charge is 0.352 e. The van der Waals surface area contributed by atoms with E-state index in [0.29, 0.717) is 6.54 Å². The van der Waals surface area contributed by atoms with Crippen molar-refractivity contribution in [3.63, 3.8) is 0 Å². The van der Waals surface area contributed by atoms with E-state index >= 15 is 0 Å². The van der Waals surface area contributed by atoms with Crippen LogP contribution in [0.1, 0.15) is 30.4 Å². The van der Waals surface area contributed by atoms with Gasteiger partial charge in [0.1, 0.15) is 0 Å². The highest BCUT2D eigenvalue weighted by Crippen LogP contribution is 2.23. The third-order valence-electron chi connectivity index (χ3n) is 3.49. The Balaban J connectivity index is 1.85. The summed E-state index contributed by atoms with van der Waals surface area (Å²) in [5.74, 6) is 0.121. The van der Waals surface area contributed by atoms with Gasteiger partial charge in [-0.2, -0.15) is 0 Å². The molecule has 0 spiro atoms. The molecule has 0 saturated heterocycles. The second-order valence-corrected chi connectivity index (χ2v) is 4.90. The first-order valence-electron chi connectivity index (χ1n) is 6.25. The van der Waals surface area contributed by atoms with Gasteiger partial charge in [0.15, 0.2) is 0 Å². The molecule has 3 heteroatoms. The summed E-state index contributed by atoms with van der Waals surface area (Å²) in [5.41, 5.74) is 8.28. The van der Waals surface area contributed by atoms with Crippen LogP contribution in [0, 0.1) is 12.8 Å². The highest BCUT2D eigenvalue weighted by Gasteiger charge is 2.29. The Morgan fingerprint density at radius 1 is 1.35 bits per heavy atom. The Morgan fingerprint density at radius 3 is 2.65 bits per heavy atom. The van der Waals surface area contributed by atoms with Gasteiger partial charge in [-0.25, -0.2) is 0 Å². The number of nitrogens with one attached hydrogen (secondary N) is 1. The number of rotatable bonds is 3. The molecule has 92 valence electrons. The van der Waals surface area contributed by atoms with E-state index in [0.717, 1.165) is 24.8 Å². The molecule has 1 aromatic rings. The van der Waals surface area contributed by atoms with E-state index in [1.807, 2.05) is 12.1 Å². The fraction of sp³-hybridized carbons (Fsp3) is 0.500. The summed E-state index contributed by atoms with van der Waals surface area (Å²) in [4.78, 5) is 11.9. The summed E-state index contributed by atoms with van der Waals surface area (Å²) in [6, 6.07) is 8.26. The first kappa shape index (κ1) is 12.1. The minimum Gasteiger partial charge on any atom is -0.352 e. The first-order chi connectivity index (χ1) is 8.16. The molecule has 1 saturated carbocycles. The number of hydrogen-bond donors (Lipinski definition) is 2. The van der Waals surface area contributed by atoms with Crippen LogP contribution in [0.5, 0.6) is 0 Å². The molecule has 0 aliphatic heterocycles. The third kappa shape index (κ3) is 3.07. The van der Waals surface area contributed by atoms with Gasteiger partial charge in [0, 0.05) is 12.6 Å². The average molecular weight is 232 g/mol. The van der Waals surface area contributed by atoms with Crippen LogP contribution in [0.15, 0.2) is 24.3 Å². The lowest BCUT2D eigenvalue weighted by atomic mass is 10.0. The monoisotopic (exact) mass is 232 g/mol. The van der Waals surface area contributed by atoms with Crippen molar-refractivity contribution in [3.05, 3.63) is 35.4 Å². The molecule has 1 fully saturated rings. The molecule has 0 heterocycles. The average Bonchev–Trinajstić information content (AvgIpc) is 2.74. The van der Waals surface area contributed by atoms with Gasteiger partial charge in [0.05, 0.1) is 5.92 Å². The highest BCUT2D eigenvalue weighted by atomic mass is 16.1. The summed E-state index contributed by atoms with van der Waals surface area (Å²) >= 11 is 0. The van der Waals surface area contributed by atoms with Crippen LogP contribution >= 0.6 is 0 Å². The zero-order chi connectivity index (χ0) is 12.3. The van der Waals surface area contributed by atoms with Gasteiger partial charge in [0.25, 0.3) is 0 Å². The fourth-order valence-electron chi connectivity index (χ4n) is 2.34. The summed E-state index contributed by atoms with van der Waals surface area (Å²) in [6.45, 7) is 2.66. The van der Waals surface area contributed by atoms with Crippen molar-refractivity contribution >= 4 is 5.91 Å².